The highest BCUT2D eigenvalue weighted by atomic mass is 16.1. The molecule has 0 aliphatic rings. The number of anilines is 1. The van der Waals surface area contributed by atoms with Gasteiger partial charge in [-0.25, -0.2) is 0 Å². The van der Waals surface area contributed by atoms with Crippen molar-refractivity contribution in [2.75, 3.05) is 12.4 Å². The molecule has 0 spiro atoms. The van der Waals surface area contributed by atoms with E-state index in [1.807, 2.05) is 12.1 Å². The number of amides is 1. The van der Waals surface area contributed by atoms with Gasteiger partial charge >= 0.3 is 0 Å². The average molecular weight is 243 g/mol. The minimum absolute atomic E-state index is 0.248. The molecule has 92 valence electrons. The highest BCUT2D eigenvalue weighted by Gasteiger charge is 2.07. The summed E-state index contributed by atoms with van der Waals surface area (Å²) in [5, 5.41) is 13.3. The minimum Gasteiger partial charge on any atom is -0.372 e. The maximum absolute atomic E-state index is 11.8. The van der Waals surface area contributed by atoms with Crippen molar-refractivity contribution in [3.05, 3.63) is 47.9 Å². The van der Waals surface area contributed by atoms with Crippen LogP contribution in [-0.2, 0) is 6.54 Å². The fourth-order valence-electron chi connectivity index (χ4n) is 1.36. The van der Waals surface area contributed by atoms with Crippen molar-refractivity contribution < 1.29 is 4.79 Å². The van der Waals surface area contributed by atoms with Crippen LogP contribution in [0.1, 0.15) is 16.1 Å². The molecule has 6 nitrogen and oxygen atoms in total. The third-order valence-electron chi connectivity index (χ3n) is 2.36. The van der Waals surface area contributed by atoms with E-state index in [9.17, 15) is 4.79 Å². The van der Waals surface area contributed by atoms with Gasteiger partial charge in [0.25, 0.3) is 5.91 Å². The molecule has 0 fully saturated rings. The second kappa shape index (κ2) is 5.72. The van der Waals surface area contributed by atoms with Gasteiger partial charge in [-0.2, -0.15) is 0 Å². The lowest BCUT2D eigenvalue weighted by atomic mass is 10.2. The predicted molar refractivity (Wildman–Crippen MR) is 67.0 cm³/mol. The van der Waals surface area contributed by atoms with Crippen LogP contribution in [0.15, 0.2) is 36.7 Å². The van der Waals surface area contributed by atoms with E-state index in [0.29, 0.717) is 18.1 Å². The van der Waals surface area contributed by atoms with Crippen molar-refractivity contribution >= 4 is 11.7 Å². The first-order valence-corrected chi connectivity index (χ1v) is 5.48. The molecule has 0 atom stereocenters. The van der Waals surface area contributed by atoms with Crippen molar-refractivity contribution in [2.45, 2.75) is 6.54 Å². The molecule has 0 radical (unpaired) electrons. The van der Waals surface area contributed by atoms with Crippen LogP contribution in [-0.4, -0.2) is 28.1 Å². The summed E-state index contributed by atoms with van der Waals surface area (Å²) in [6, 6.07) is 7.02. The molecule has 2 heterocycles. The summed E-state index contributed by atoms with van der Waals surface area (Å²) in [6.07, 6.45) is 3.37. The maximum atomic E-state index is 11.8. The van der Waals surface area contributed by atoms with Gasteiger partial charge < -0.3 is 10.6 Å². The first-order chi connectivity index (χ1) is 8.79. The molecule has 2 aromatic heterocycles. The molecule has 18 heavy (non-hydrogen) atoms. The fourth-order valence-corrected chi connectivity index (χ4v) is 1.36. The molecule has 0 saturated carbocycles. The second-order valence-corrected chi connectivity index (χ2v) is 3.59. The molecule has 6 heteroatoms. The van der Waals surface area contributed by atoms with E-state index in [1.54, 1.807) is 31.6 Å². The Morgan fingerprint density at radius 3 is 2.56 bits per heavy atom. The van der Waals surface area contributed by atoms with Crippen molar-refractivity contribution in [3.8, 4) is 0 Å². The smallest absolute Gasteiger partial charge is 0.272 e. The molecule has 2 aromatic rings. The van der Waals surface area contributed by atoms with E-state index in [2.05, 4.69) is 25.8 Å². The topological polar surface area (TPSA) is 79.8 Å². The zero-order valence-corrected chi connectivity index (χ0v) is 9.92. The predicted octanol–water partition coefficient (Wildman–Crippen LogP) is 0.843. The normalized spacial score (nSPS) is 9.83. The molecule has 0 saturated heterocycles. The first-order valence-electron chi connectivity index (χ1n) is 5.48. The van der Waals surface area contributed by atoms with E-state index in [4.69, 9.17) is 0 Å². The van der Waals surface area contributed by atoms with Crippen LogP contribution >= 0.6 is 0 Å². The number of rotatable bonds is 4. The third-order valence-corrected chi connectivity index (χ3v) is 2.36. The van der Waals surface area contributed by atoms with Crippen molar-refractivity contribution in [1.29, 1.82) is 0 Å². The van der Waals surface area contributed by atoms with Gasteiger partial charge in [0.2, 0.25) is 0 Å². The number of hydrogen-bond acceptors (Lipinski definition) is 5. The summed E-state index contributed by atoms with van der Waals surface area (Å²) in [5.74, 6) is 0.377. The van der Waals surface area contributed by atoms with Crippen molar-refractivity contribution in [1.82, 2.24) is 20.5 Å². The number of carbonyl (C=O) groups is 1. The number of nitrogens with zero attached hydrogens (tertiary/aromatic N) is 3. The SMILES string of the molecule is CNc1ccc(C(=O)NCc2ccncc2)nn1. The zero-order chi connectivity index (χ0) is 12.8. The maximum Gasteiger partial charge on any atom is 0.272 e. The Morgan fingerprint density at radius 1 is 1.17 bits per heavy atom. The van der Waals surface area contributed by atoms with E-state index < -0.39 is 0 Å². The molecule has 2 N–H and O–H groups in total. The quantitative estimate of drug-likeness (QED) is 0.832. The van der Waals surface area contributed by atoms with Crippen LogP contribution in [0, 0.1) is 0 Å². The Morgan fingerprint density at radius 2 is 1.94 bits per heavy atom. The van der Waals surface area contributed by atoms with Gasteiger partial charge in [0, 0.05) is 26.0 Å². The van der Waals surface area contributed by atoms with Gasteiger partial charge in [-0.15, -0.1) is 10.2 Å². The number of hydrogen-bond donors (Lipinski definition) is 2. The summed E-state index contributed by atoms with van der Waals surface area (Å²) in [4.78, 5) is 15.7. The standard InChI is InChI=1S/C12H13N5O/c1-13-11-3-2-10(16-17-11)12(18)15-8-9-4-6-14-7-5-9/h2-7H,8H2,1H3,(H,13,17)(H,15,18). The van der Waals surface area contributed by atoms with E-state index in [-0.39, 0.29) is 5.91 Å². The number of nitrogens with one attached hydrogen (secondary N) is 2. The molecule has 0 bridgehead atoms. The van der Waals surface area contributed by atoms with Gasteiger partial charge in [0.05, 0.1) is 0 Å². The number of carbonyl (C=O) groups excluding carboxylic acids is 1. The number of pyridine rings is 1. The van der Waals surface area contributed by atoms with Crippen LogP contribution < -0.4 is 10.6 Å². The summed E-state index contributed by atoms with van der Waals surface area (Å²) in [7, 11) is 1.74. The lowest BCUT2D eigenvalue weighted by Crippen LogP contribution is -2.24. The van der Waals surface area contributed by atoms with Crippen LogP contribution in [0.3, 0.4) is 0 Å². The Kier molecular flexibility index (Phi) is 3.80. The van der Waals surface area contributed by atoms with E-state index >= 15 is 0 Å². The van der Waals surface area contributed by atoms with Crippen LogP contribution in [0.4, 0.5) is 5.82 Å². The molecular weight excluding hydrogens is 230 g/mol. The Balaban J connectivity index is 1.95. The van der Waals surface area contributed by atoms with Crippen LogP contribution in [0.25, 0.3) is 0 Å². The summed E-state index contributed by atoms with van der Waals surface area (Å²) in [6.45, 7) is 0.441. The average Bonchev–Trinajstić information content (AvgIpc) is 2.46. The lowest BCUT2D eigenvalue weighted by Gasteiger charge is -2.04. The van der Waals surface area contributed by atoms with Gasteiger partial charge in [0.15, 0.2) is 5.69 Å². The molecule has 2 rings (SSSR count). The van der Waals surface area contributed by atoms with Gasteiger partial charge in [-0.05, 0) is 29.8 Å². The summed E-state index contributed by atoms with van der Waals surface area (Å²) < 4.78 is 0. The van der Waals surface area contributed by atoms with Crippen molar-refractivity contribution in [2.24, 2.45) is 0 Å². The Bertz CT molecular complexity index is 512. The third kappa shape index (κ3) is 3.00. The molecule has 0 unspecified atom stereocenters. The summed E-state index contributed by atoms with van der Waals surface area (Å²) in [5.41, 5.74) is 1.28. The fraction of sp³-hybridized carbons (Fsp3) is 0.167. The molecule has 0 aliphatic heterocycles. The zero-order valence-electron chi connectivity index (χ0n) is 9.92. The van der Waals surface area contributed by atoms with Gasteiger partial charge in [-0.1, -0.05) is 0 Å². The molecule has 0 aromatic carbocycles. The Labute approximate surface area is 104 Å². The first kappa shape index (κ1) is 12.0. The largest absolute Gasteiger partial charge is 0.372 e. The lowest BCUT2D eigenvalue weighted by molar-refractivity contribution is 0.0945. The highest BCUT2D eigenvalue weighted by Crippen LogP contribution is 2.01. The van der Waals surface area contributed by atoms with Crippen LogP contribution in [0.5, 0.6) is 0 Å². The van der Waals surface area contributed by atoms with Crippen molar-refractivity contribution in [3.63, 3.8) is 0 Å². The van der Waals surface area contributed by atoms with Crippen LogP contribution in [0.2, 0.25) is 0 Å². The van der Waals surface area contributed by atoms with Gasteiger partial charge in [-0.3, -0.25) is 9.78 Å². The van der Waals surface area contributed by atoms with Gasteiger partial charge in [0.1, 0.15) is 5.82 Å². The Hall–Kier alpha value is -2.50. The highest BCUT2D eigenvalue weighted by molar-refractivity contribution is 5.92. The minimum atomic E-state index is -0.248. The molecular formula is C12H13N5O. The number of aromatic nitrogens is 3. The summed E-state index contributed by atoms with van der Waals surface area (Å²) >= 11 is 0. The second-order valence-electron chi connectivity index (χ2n) is 3.59. The van der Waals surface area contributed by atoms with E-state index in [0.717, 1.165) is 5.56 Å². The monoisotopic (exact) mass is 243 g/mol. The molecule has 1 amide bonds. The van der Waals surface area contributed by atoms with E-state index in [1.165, 1.54) is 0 Å². The molecule has 0 aliphatic carbocycles.